The number of carbonyl (C=O) groups excluding carboxylic acids is 1. The van der Waals surface area contributed by atoms with Crippen LogP contribution >= 0.6 is 22.9 Å². The number of halogens is 1. The third-order valence-corrected chi connectivity index (χ3v) is 6.43. The van der Waals surface area contributed by atoms with Gasteiger partial charge in [0.1, 0.15) is 17.1 Å². The molecule has 0 saturated carbocycles. The molecule has 166 valence electrons. The Morgan fingerprint density at radius 2 is 2.06 bits per heavy atom. The van der Waals surface area contributed by atoms with Crippen LogP contribution in [0.5, 0.6) is 0 Å². The molecule has 0 saturated heterocycles. The lowest BCUT2D eigenvalue weighted by atomic mass is 10.2. The minimum Gasteiger partial charge on any atom is -0.467 e. The maximum Gasteiger partial charge on any atom is 0.268 e. The minimum atomic E-state index is -0.327. The topological polar surface area (TPSA) is 116 Å². The summed E-state index contributed by atoms with van der Waals surface area (Å²) in [6.45, 7) is 1.88. The summed E-state index contributed by atoms with van der Waals surface area (Å²) in [5.74, 6) is 1.01. The molecule has 5 rings (SSSR count). The molecule has 9 nitrogen and oxygen atoms in total. The van der Waals surface area contributed by atoms with Crippen LogP contribution in [0.15, 0.2) is 62.7 Å². The molecule has 0 aliphatic rings. The van der Waals surface area contributed by atoms with Crippen molar-refractivity contribution < 1.29 is 13.7 Å². The molecule has 4 heterocycles. The molecule has 0 atom stereocenters. The van der Waals surface area contributed by atoms with E-state index in [2.05, 4.69) is 20.4 Å². The zero-order valence-electron chi connectivity index (χ0n) is 17.2. The van der Waals surface area contributed by atoms with Crippen LogP contribution < -0.4 is 10.9 Å². The maximum atomic E-state index is 13.1. The lowest BCUT2D eigenvalue weighted by molar-refractivity contribution is -0.122. The second kappa shape index (κ2) is 8.64. The van der Waals surface area contributed by atoms with E-state index in [1.54, 1.807) is 43.3 Å². The number of rotatable bonds is 6. The van der Waals surface area contributed by atoms with Gasteiger partial charge in [-0.25, -0.2) is 4.98 Å². The van der Waals surface area contributed by atoms with Crippen molar-refractivity contribution in [1.82, 2.24) is 25.0 Å². The van der Waals surface area contributed by atoms with E-state index in [9.17, 15) is 9.59 Å². The van der Waals surface area contributed by atoms with Crippen molar-refractivity contribution in [2.45, 2.75) is 20.0 Å². The quantitative estimate of drug-likeness (QED) is 0.389. The van der Waals surface area contributed by atoms with Crippen molar-refractivity contribution in [3.63, 3.8) is 0 Å². The number of nitrogens with one attached hydrogen (secondary N) is 1. The SMILES string of the molecule is Cc1c(-c2nc(-c3ccc(Cl)cc3)no2)sc2ncn(CC(=O)NCc3ccco3)c(=O)c12. The lowest BCUT2D eigenvalue weighted by Crippen LogP contribution is -2.32. The standard InChI is InChI=1S/C22H16ClN5O4S/c1-12-17-21(25-11-28(22(17)30)10-16(29)24-9-15-3-2-8-31-15)33-18(12)20-26-19(27-32-20)13-4-6-14(23)7-5-13/h2-8,11H,9-10H2,1H3,(H,24,29). The van der Waals surface area contributed by atoms with Gasteiger partial charge in [0.05, 0.1) is 29.4 Å². The molecule has 11 heteroatoms. The van der Waals surface area contributed by atoms with Gasteiger partial charge in [0, 0.05) is 10.6 Å². The van der Waals surface area contributed by atoms with Crippen LogP contribution in [0.3, 0.4) is 0 Å². The Kier molecular flexibility index (Phi) is 5.53. The predicted molar refractivity (Wildman–Crippen MR) is 123 cm³/mol. The van der Waals surface area contributed by atoms with Gasteiger partial charge in [-0.15, -0.1) is 11.3 Å². The first-order valence-corrected chi connectivity index (χ1v) is 11.1. The molecule has 0 fully saturated rings. The van der Waals surface area contributed by atoms with Crippen LogP contribution in [0, 0.1) is 6.92 Å². The first-order valence-electron chi connectivity index (χ1n) is 9.87. The third-order valence-electron chi connectivity index (χ3n) is 4.99. The Morgan fingerprint density at radius 1 is 1.24 bits per heavy atom. The normalized spacial score (nSPS) is 11.2. The summed E-state index contributed by atoms with van der Waals surface area (Å²) in [5, 5.41) is 7.78. The number of hydrogen-bond donors (Lipinski definition) is 1. The minimum absolute atomic E-state index is 0.158. The number of amides is 1. The molecule has 0 bridgehead atoms. The van der Waals surface area contributed by atoms with E-state index >= 15 is 0 Å². The molecule has 1 aromatic carbocycles. The first kappa shape index (κ1) is 21.1. The number of aryl methyl sites for hydroxylation is 1. The zero-order chi connectivity index (χ0) is 22.9. The number of benzene rings is 1. The van der Waals surface area contributed by atoms with Gasteiger partial charge >= 0.3 is 0 Å². The average molecular weight is 482 g/mol. The van der Waals surface area contributed by atoms with Crippen molar-refractivity contribution in [2.75, 3.05) is 0 Å². The highest BCUT2D eigenvalue weighted by atomic mass is 35.5. The highest BCUT2D eigenvalue weighted by molar-refractivity contribution is 7.22. The van der Waals surface area contributed by atoms with Crippen molar-refractivity contribution in [3.05, 3.63) is 75.7 Å². The molecule has 0 radical (unpaired) electrons. The summed E-state index contributed by atoms with van der Waals surface area (Å²) in [4.78, 5) is 35.4. The van der Waals surface area contributed by atoms with E-state index in [0.29, 0.717) is 43.2 Å². The van der Waals surface area contributed by atoms with Gasteiger partial charge < -0.3 is 14.3 Å². The number of nitrogens with zero attached hydrogens (tertiary/aromatic N) is 4. The van der Waals surface area contributed by atoms with E-state index in [0.717, 1.165) is 5.56 Å². The summed E-state index contributed by atoms with van der Waals surface area (Å²) in [6, 6.07) is 10.6. The van der Waals surface area contributed by atoms with Crippen LogP contribution in [-0.4, -0.2) is 25.6 Å². The van der Waals surface area contributed by atoms with E-state index in [1.807, 2.05) is 0 Å². The Balaban J connectivity index is 1.41. The van der Waals surface area contributed by atoms with E-state index < -0.39 is 0 Å². The molecule has 0 spiro atoms. The average Bonchev–Trinajstić information content (AvgIpc) is 3.55. The molecule has 33 heavy (non-hydrogen) atoms. The van der Waals surface area contributed by atoms with Crippen LogP contribution in [0.1, 0.15) is 11.3 Å². The van der Waals surface area contributed by atoms with Crippen LogP contribution in [0.25, 0.3) is 32.4 Å². The van der Waals surface area contributed by atoms with E-state index in [-0.39, 0.29) is 24.6 Å². The second-order valence-electron chi connectivity index (χ2n) is 7.20. The zero-order valence-corrected chi connectivity index (χ0v) is 18.8. The van der Waals surface area contributed by atoms with Gasteiger partial charge in [-0.2, -0.15) is 4.98 Å². The van der Waals surface area contributed by atoms with Gasteiger partial charge in [-0.3, -0.25) is 14.2 Å². The smallest absolute Gasteiger partial charge is 0.268 e. The van der Waals surface area contributed by atoms with Crippen molar-refractivity contribution in [1.29, 1.82) is 0 Å². The predicted octanol–water partition coefficient (Wildman–Crippen LogP) is 4.05. The van der Waals surface area contributed by atoms with Crippen LogP contribution in [0.4, 0.5) is 0 Å². The number of aromatic nitrogens is 4. The highest BCUT2D eigenvalue weighted by Crippen LogP contribution is 2.35. The lowest BCUT2D eigenvalue weighted by Gasteiger charge is -2.06. The first-order chi connectivity index (χ1) is 16.0. The van der Waals surface area contributed by atoms with E-state index in [4.69, 9.17) is 20.5 Å². The monoisotopic (exact) mass is 481 g/mol. The number of thiophene rings is 1. The number of furan rings is 1. The van der Waals surface area contributed by atoms with Crippen molar-refractivity contribution >= 4 is 39.1 Å². The number of fused-ring (bicyclic) bond motifs is 1. The summed E-state index contributed by atoms with van der Waals surface area (Å²) in [5.41, 5.74) is 1.11. The van der Waals surface area contributed by atoms with Crippen molar-refractivity contribution in [3.8, 4) is 22.2 Å². The Bertz CT molecular complexity index is 1500. The fourth-order valence-electron chi connectivity index (χ4n) is 3.32. The Morgan fingerprint density at radius 3 is 2.82 bits per heavy atom. The molecule has 0 aliphatic heterocycles. The fourth-order valence-corrected chi connectivity index (χ4v) is 4.50. The summed E-state index contributed by atoms with van der Waals surface area (Å²) in [7, 11) is 0. The van der Waals surface area contributed by atoms with Gasteiger partial charge in [-0.1, -0.05) is 16.8 Å². The van der Waals surface area contributed by atoms with Gasteiger partial charge in [-0.05, 0) is 48.9 Å². The summed E-state index contributed by atoms with van der Waals surface area (Å²) >= 11 is 7.22. The molecule has 1 amide bonds. The Labute approximate surface area is 195 Å². The largest absolute Gasteiger partial charge is 0.467 e. The molecular weight excluding hydrogens is 466 g/mol. The molecule has 1 N–H and O–H groups in total. The molecular formula is C22H16ClN5O4S. The molecule has 0 unspecified atom stereocenters. The van der Waals surface area contributed by atoms with E-state index in [1.165, 1.54) is 28.5 Å². The van der Waals surface area contributed by atoms with Gasteiger partial charge in [0.2, 0.25) is 11.7 Å². The summed E-state index contributed by atoms with van der Waals surface area (Å²) < 4.78 is 11.9. The van der Waals surface area contributed by atoms with Crippen LogP contribution in [-0.2, 0) is 17.9 Å². The molecule has 5 aromatic rings. The van der Waals surface area contributed by atoms with Gasteiger partial charge in [0.15, 0.2) is 0 Å². The van der Waals surface area contributed by atoms with Crippen LogP contribution in [0.2, 0.25) is 5.02 Å². The maximum absolute atomic E-state index is 13.1. The summed E-state index contributed by atoms with van der Waals surface area (Å²) in [6.07, 6.45) is 2.90. The van der Waals surface area contributed by atoms with Gasteiger partial charge in [0.25, 0.3) is 11.4 Å². The molecule has 4 aromatic heterocycles. The number of hydrogen-bond acceptors (Lipinski definition) is 8. The number of carbonyl (C=O) groups is 1. The molecule has 0 aliphatic carbocycles. The second-order valence-corrected chi connectivity index (χ2v) is 8.64. The third kappa shape index (κ3) is 4.18. The van der Waals surface area contributed by atoms with Crippen molar-refractivity contribution in [2.24, 2.45) is 0 Å². The highest BCUT2D eigenvalue weighted by Gasteiger charge is 2.21. The Hall–Kier alpha value is -3.76. The fraction of sp³-hybridized carbons (Fsp3) is 0.136.